The second-order valence-electron chi connectivity index (χ2n) is 3.47. The number of aliphatic hydroxyl groups is 2. The maximum absolute atomic E-state index is 9.15. The van der Waals surface area contributed by atoms with Gasteiger partial charge in [0.05, 0.1) is 12.7 Å². The van der Waals surface area contributed by atoms with E-state index in [0.29, 0.717) is 12.6 Å². The Morgan fingerprint density at radius 1 is 1.42 bits per heavy atom. The van der Waals surface area contributed by atoms with Crippen LogP contribution >= 0.6 is 0 Å². The van der Waals surface area contributed by atoms with Gasteiger partial charge in [0.1, 0.15) is 0 Å². The molecule has 0 unspecified atom stereocenters. The summed E-state index contributed by atoms with van der Waals surface area (Å²) in [5.74, 6) is 0. The first-order valence-corrected chi connectivity index (χ1v) is 4.49. The Morgan fingerprint density at radius 2 is 2.00 bits per heavy atom. The van der Waals surface area contributed by atoms with Gasteiger partial charge in [-0.25, -0.2) is 0 Å². The van der Waals surface area contributed by atoms with Gasteiger partial charge >= 0.3 is 0 Å². The summed E-state index contributed by atoms with van der Waals surface area (Å²) < 4.78 is 0. The molecule has 1 aliphatic rings. The molecule has 1 aliphatic heterocycles. The highest BCUT2D eigenvalue weighted by Gasteiger charge is 2.17. The van der Waals surface area contributed by atoms with Gasteiger partial charge in [-0.1, -0.05) is 0 Å². The number of hydrogen-bond acceptors (Lipinski definition) is 4. The number of hydrogen-bond donors (Lipinski definition) is 3. The quantitative estimate of drug-likeness (QED) is 0.501. The number of β-amino-alcohol motifs (C(OH)–C–C–N with tert-alkyl or cyclic N) is 1. The van der Waals surface area contributed by atoms with Gasteiger partial charge < -0.3 is 20.8 Å². The van der Waals surface area contributed by atoms with Crippen molar-refractivity contribution in [3.05, 3.63) is 0 Å². The van der Waals surface area contributed by atoms with Gasteiger partial charge in [-0.15, -0.1) is 0 Å². The Labute approximate surface area is 73.0 Å². The van der Waals surface area contributed by atoms with Crippen molar-refractivity contribution in [1.29, 1.82) is 0 Å². The van der Waals surface area contributed by atoms with Gasteiger partial charge in [-0.2, -0.15) is 0 Å². The third-order valence-corrected chi connectivity index (χ3v) is 2.31. The number of nitrogens with zero attached hydrogens (tertiary/aromatic N) is 1. The third-order valence-electron chi connectivity index (χ3n) is 2.31. The topological polar surface area (TPSA) is 69.7 Å². The van der Waals surface area contributed by atoms with Crippen LogP contribution in [0.25, 0.3) is 0 Å². The van der Waals surface area contributed by atoms with Crippen LogP contribution in [0.15, 0.2) is 0 Å². The highest BCUT2D eigenvalue weighted by Crippen LogP contribution is 2.08. The Bertz CT molecular complexity index is 124. The van der Waals surface area contributed by atoms with Crippen molar-refractivity contribution in [2.75, 3.05) is 26.2 Å². The molecule has 1 saturated heterocycles. The molecule has 1 rings (SSSR count). The van der Waals surface area contributed by atoms with Crippen LogP contribution < -0.4 is 5.73 Å². The van der Waals surface area contributed by atoms with E-state index in [0.717, 1.165) is 25.9 Å². The summed E-state index contributed by atoms with van der Waals surface area (Å²) >= 11 is 0. The monoisotopic (exact) mass is 174 g/mol. The first-order valence-electron chi connectivity index (χ1n) is 4.49. The summed E-state index contributed by atoms with van der Waals surface area (Å²) in [6.07, 6.45) is 1.40. The molecule has 4 heteroatoms. The fourth-order valence-corrected chi connectivity index (χ4v) is 1.49. The molecule has 0 aromatic heterocycles. The fraction of sp³-hybridized carbons (Fsp3) is 1.00. The fourth-order valence-electron chi connectivity index (χ4n) is 1.49. The molecule has 12 heavy (non-hydrogen) atoms. The molecule has 1 fully saturated rings. The summed E-state index contributed by atoms with van der Waals surface area (Å²) in [6.45, 7) is 2.31. The van der Waals surface area contributed by atoms with E-state index >= 15 is 0 Å². The molecule has 4 nitrogen and oxygen atoms in total. The lowest BCUT2D eigenvalue weighted by molar-refractivity contribution is 0.0515. The summed E-state index contributed by atoms with van der Waals surface area (Å²) in [7, 11) is 0. The van der Waals surface area contributed by atoms with E-state index in [1.165, 1.54) is 0 Å². The molecule has 0 aromatic carbocycles. The largest absolute Gasteiger partial charge is 0.394 e. The van der Waals surface area contributed by atoms with Crippen LogP contribution in [0.2, 0.25) is 0 Å². The Morgan fingerprint density at radius 3 is 2.50 bits per heavy atom. The minimum absolute atomic E-state index is 0.150. The Hall–Kier alpha value is -0.160. The van der Waals surface area contributed by atoms with Crippen LogP contribution in [-0.4, -0.2) is 53.5 Å². The lowest BCUT2D eigenvalue weighted by Gasteiger charge is -2.31. The average Bonchev–Trinajstić information content (AvgIpc) is 2.09. The van der Waals surface area contributed by atoms with Crippen LogP contribution in [0.1, 0.15) is 12.8 Å². The van der Waals surface area contributed by atoms with Gasteiger partial charge in [-0.05, 0) is 25.9 Å². The van der Waals surface area contributed by atoms with Gasteiger partial charge in [0.2, 0.25) is 0 Å². The zero-order valence-electron chi connectivity index (χ0n) is 7.32. The molecule has 0 bridgehead atoms. The molecule has 1 atom stereocenters. The first-order chi connectivity index (χ1) is 5.72. The van der Waals surface area contributed by atoms with E-state index in [-0.39, 0.29) is 6.61 Å². The zero-order valence-corrected chi connectivity index (χ0v) is 7.32. The predicted octanol–water partition coefficient (Wildman–Crippen LogP) is -1.24. The highest BCUT2D eigenvalue weighted by molar-refractivity contribution is 4.75. The third kappa shape index (κ3) is 3.06. The number of nitrogens with two attached hydrogens (primary N) is 1. The number of likely N-dealkylation sites (tertiary alicyclic amines) is 1. The molecule has 1 heterocycles. The number of piperidine rings is 1. The van der Waals surface area contributed by atoms with Gasteiger partial charge in [-0.3, -0.25) is 0 Å². The lowest BCUT2D eigenvalue weighted by atomic mass is 10.1. The van der Waals surface area contributed by atoms with Crippen LogP contribution in [0.4, 0.5) is 0 Å². The molecule has 0 radical (unpaired) electrons. The summed E-state index contributed by atoms with van der Waals surface area (Å²) in [4.78, 5) is 2.14. The van der Waals surface area contributed by atoms with Crippen molar-refractivity contribution in [2.24, 2.45) is 5.73 Å². The van der Waals surface area contributed by atoms with E-state index in [2.05, 4.69) is 4.90 Å². The number of aliphatic hydroxyl groups excluding tert-OH is 2. The van der Waals surface area contributed by atoms with Crippen LogP contribution in [0.3, 0.4) is 0 Å². The van der Waals surface area contributed by atoms with E-state index in [1.54, 1.807) is 0 Å². The molecule has 72 valence electrons. The minimum Gasteiger partial charge on any atom is -0.394 e. The smallest absolute Gasteiger partial charge is 0.0897 e. The van der Waals surface area contributed by atoms with E-state index in [1.807, 2.05) is 0 Å². The van der Waals surface area contributed by atoms with Gasteiger partial charge in [0, 0.05) is 12.6 Å². The van der Waals surface area contributed by atoms with E-state index in [4.69, 9.17) is 15.9 Å². The Balaban J connectivity index is 2.17. The molecule has 0 aliphatic carbocycles. The minimum atomic E-state index is -0.598. The molecular weight excluding hydrogens is 156 g/mol. The standard InChI is InChI=1S/C8H18N2O2/c9-7-1-3-10(4-2-7)5-8(12)6-11/h7-8,11-12H,1-6,9H2/t8-/m0/s1. The van der Waals surface area contributed by atoms with Crippen LogP contribution in [-0.2, 0) is 0 Å². The van der Waals surface area contributed by atoms with Crippen molar-refractivity contribution in [3.63, 3.8) is 0 Å². The maximum atomic E-state index is 9.15. The average molecular weight is 174 g/mol. The molecule has 4 N–H and O–H groups in total. The van der Waals surface area contributed by atoms with Crippen molar-refractivity contribution in [3.8, 4) is 0 Å². The molecular formula is C8H18N2O2. The zero-order chi connectivity index (χ0) is 8.97. The van der Waals surface area contributed by atoms with Crippen LogP contribution in [0, 0.1) is 0 Å². The van der Waals surface area contributed by atoms with E-state index < -0.39 is 6.10 Å². The van der Waals surface area contributed by atoms with Gasteiger partial charge in [0.25, 0.3) is 0 Å². The second-order valence-corrected chi connectivity index (χ2v) is 3.47. The van der Waals surface area contributed by atoms with Crippen molar-refractivity contribution >= 4 is 0 Å². The summed E-state index contributed by atoms with van der Waals surface area (Å²) in [5, 5.41) is 17.8. The second kappa shape index (κ2) is 4.77. The first kappa shape index (κ1) is 9.92. The van der Waals surface area contributed by atoms with Crippen molar-refractivity contribution < 1.29 is 10.2 Å². The highest BCUT2D eigenvalue weighted by atomic mass is 16.3. The summed E-state index contributed by atoms with van der Waals surface area (Å²) in [5.41, 5.74) is 5.72. The SMILES string of the molecule is NC1CCN(C[C@H](O)CO)CC1. The van der Waals surface area contributed by atoms with Crippen LogP contribution in [0.5, 0.6) is 0 Å². The molecule has 0 amide bonds. The molecule has 0 spiro atoms. The molecule has 0 saturated carbocycles. The molecule has 0 aromatic rings. The maximum Gasteiger partial charge on any atom is 0.0897 e. The van der Waals surface area contributed by atoms with Crippen molar-refractivity contribution in [2.45, 2.75) is 25.0 Å². The van der Waals surface area contributed by atoms with E-state index in [9.17, 15) is 0 Å². The normalized spacial score (nSPS) is 24.2. The number of rotatable bonds is 3. The Kier molecular flexibility index (Phi) is 3.94. The summed E-state index contributed by atoms with van der Waals surface area (Å²) in [6, 6.07) is 0.326. The lowest BCUT2D eigenvalue weighted by Crippen LogP contribution is -2.43. The predicted molar refractivity (Wildman–Crippen MR) is 46.7 cm³/mol. The van der Waals surface area contributed by atoms with Crippen molar-refractivity contribution in [1.82, 2.24) is 4.90 Å². The van der Waals surface area contributed by atoms with Gasteiger partial charge in [0.15, 0.2) is 0 Å².